The normalized spacial score (nSPS) is 11.0. The monoisotopic (exact) mass is 262 g/mol. The van der Waals surface area contributed by atoms with Gasteiger partial charge in [-0.1, -0.05) is 17.3 Å². The maximum atomic E-state index is 10.8. The number of nitro groups is 1. The second kappa shape index (κ2) is 4.81. The molecule has 0 aliphatic heterocycles. The molecule has 0 spiro atoms. The van der Waals surface area contributed by atoms with E-state index in [2.05, 4.69) is 5.16 Å². The molecular formula is C12H10N2O5. The van der Waals surface area contributed by atoms with Crippen molar-refractivity contribution in [3.63, 3.8) is 0 Å². The second-order valence-electron chi connectivity index (χ2n) is 3.82. The molecule has 98 valence electrons. The van der Waals surface area contributed by atoms with Crippen LogP contribution in [0.5, 0.6) is 11.5 Å². The molecule has 7 heteroatoms. The van der Waals surface area contributed by atoms with Gasteiger partial charge >= 0.3 is 5.69 Å². The minimum absolute atomic E-state index is 0.0232. The Hall–Kier alpha value is -2.83. The van der Waals surface area contributed by atoms with E-state index in [-0.39, 0.29) is 28.6 Å². The Morgan fingerprint density at radius 2 is 2.05 bits per heavy atom. The van der Waals surface area contributed by atoms with E-state index < -0.39 is 4.92 Å². The Kier molecular flexibility index (Phi) is 3.19. The molecule has 1 aromatic heterocycles. The van der Waals surface area contributed by atoms with Crippen LogP contribution in [0.15, 0.2) is 22.7 Å². The number of aromatic hydroxyl groups is 2. The molecule has 0 aliphatic carbocycles. The Balaban J connectivity index is 2.32. The minimum Gasteiger partial charge on any atom is -0.504 e. The van der Waals surface area contributed by atoms with Gasteiger partial charge in [-0.25, -0.2) is 0 Å². The van der Waals surface area contributed by atoms with Crippen molar-refractivity contribution < 1.29 is 19.7 Å². The van der Waals surface area contributed by atoms with Gasteiger partial charge in [0.15, 0.2) is 17.2 Å². The summed E-state index contributed by atoms with van der Waals surface area (Å²) < 4.78 is 4.84. The van der Waals surface area contributed by atoms with Gasteiger partial charge in [-0.2, -0.15) is 0 Å². The number of nitrogens with zero attached hydrogens (tertiary/aromatic N) is 2. The SMILES string of the molecule is Cc1noc(/C=C\c2ccc(O)c(O)c2)c1[N+](=O)[O-]. The summed E-state index contributed by atoms with van der Waals surface area (Å²) in [4.78, 5) is 10.2. The molecule has 0 fully saturated rings. The number of benzene rings is 1. The number of hydrogen-bond donors (Lipinski definition) is 2. The molecule has 7 nitrogen and oxygen atoms in total. The highest BCUT2D eigenvalue weighted by Crippen LogP contribution is 2.27. The number of aromatic nitrogens is 1. The van der Waals surface area contributed by atoms with Crippen LogP contribution in [0.1, 0.15) is 17.0 Å². The maximum absolute atomic E-state index is 10.8. The molecule has 0 unspecified atom stereocenters. The summed E-state index contributed by atoms with van der Waals surface area (Å²) >= 11 is 0. The molecule has 1 heterocycles. The summed E-state index contributed by atoms with van der Waals surface area (Å²) in [5.74, 6) is -0.487. The van der Waals surface area contributed by atoms with Crippen LogP contribution in [0.4, 0.5) is 5.69 Å². The first kappa shape index (κ1) is 12.6. The number of rotatable bonds is 3. The van der Waals surface area contributed by atoms with Crippen molar-refractivity contribution in [1.29, 1.82) is 0 Å². The van der Waals surface area contributed by atoms with Crippen molar-refractivity contribution in [2.45, 2.75) is 6.92 Å². The number of phenols is 2. The maximum Gasteiger partial charge on any atom is 0.338 e. The van der Waals surface area contributed by atoms with Crippen LogP contribution in [0, 0.1) is 17.0 Å². The van der Waals surface area contributed by atoms with E-state index in [1.807, 2.05) is 0 Å². The Labute approximate surface area is 107 Å². The lowest BCUT2D eigenvalue weighted by molar-refractivity contribution is -0.386. The standard InChI is InChI=1S/C12H10N2O5/c1-7-12(14(17)18)11(19-13-7)5-3-8-2-4-9(15)10(16)6-8/h2-6,15-16H,1H3/b5-3-. The number of aryl methyl sites for hydroxylation is 1. The molecule has 2 N–H and O–H groups in total. The average molecular weight is 262 g/mol. The lowest BCUT2D eigenvalue weighted by Crippen LogP contribution is -1.90. The molecule has 0 saturated carbocycles. The summed E-state index contributed by atoms with van der Waals surface area (Å²) in [6.07, 6.45) is 2.88. The van der Waals surface area contributed by atoms with Crippen molar-refractivity contribution >= 4 is 17.8 Å². The summed E-state index contributed by atoms with van der Waals surface area (Å²) in [6, 6.07) is 4.18. The van der Waals surface area contributed by atoms with Crippen molar-refractivity contribution in [3.05, 3.63) is 45.3 Å². The molecule has 1 aromatic carbocycles. The zero-order chi connectivity index (χ0) is 14.0. The molecule has 0 bridgehead atoms. The van der Waals surface area contributed by atoms with Gasteiger partial charge in [0.1, 0.15) is 0 Å². The molecular weight excluding hydrogens is 252 g/mol. The fourth-order valence-electron chi connectivity index (χ4n) is 1.53. The van der Waals surface area contributed by atoms with Crippen LogP contribution in [-0.2, 0) is 0 Å². The van der Waals surface area contributed by atoms with Gasteiger partial charge in [0.05, 0.1) is 4.92 Å². The number of hydrogen-bond acceptors (Lipinski definition) is 6. The zero-order valence-corrected chi connectivity index (χ0v) is 9.90. The smallest absolute Gasteiger partial charge is 0.338 e. The lowest BCUT2D eigenvalue weighted by atomic mass is 10.1. The molecule has 19 heavy (non-hydrogen) atoms. The topological polar surface area (TPSA) is 110 Å². The van der Waals surface area contributed by atoms with Gasteiger partial charge in [0, 0.05) is 0 Å². The van der Waals surface area contributed by atoms with E-state index in [4.69, 9.17) is 9.63 Å². The van der Waals surface area contributed by atoms with Crippen LogP contribution in [0.2, 0.25) is 0 Å². The Morgan fingerprint density at radius 3 is 2.68 bits per heavy atom. The second-order valence-corrected chi connectivity index (χ2v) is 3.82. The summed E-state index contributed by atoms with van der Waals surface area (Å²) in [7, 11) is 0. The summed E-state index contributed by atoms with van der Waals surface area (Å²) in [5.41, 5.74) is 0.552. The third-order valence-electron chi connectivity index (χ3n) is 2.47. The highest BCUT2D eigenvalue weighted by Gasteiger charge is 2.21. The molecule has 2 rings (SSSR count). The van der Waals surface area contributed by atoms with Gasteiger partial charge < -0.3 is 14.7 Å². The largest absolute Gasteiger partial charge is 0.504 e. The van der Waals surface area contributed by atoms with E-state index in [0.717, 1.165) is 0 Å². The predicted octanol–water partition coefficient (Wildman–Crippen LogP) is 2.47. The molecule has 0 saturated heterocycles. The van der Waals surface area contributed by atoms with Gasteiger partial charge in [-0.3, -0.25) is 10.1 Å². The fourth-order valence-corrected chi connectivity index (χ4v) is 1.53. The van der Waals surface area contributed by atoms with Crippen LogP contribution < -0.4 is 0 Å². The van der Waals surface area contributed by atoms with E-state index in [1.54, 1.807) is 6.07 Å². The zero-order valence-electron chi connectivity index (χ0n) is 9.90. The molecule has 2 aromatic rings. The first-order valence-electron chi connectivity index (χ1n) is 5.29. The average Bonchev–Trinajstić information content (AvgIpc) is 2.72. The number of phenolic OH excluding ortho intramolecular Hbond substituents is 2. The van der Waals surface area contributed by atoms with Crippen molar-refractivity contribution in [2.24, 2.45) is 0 Å². The first-order chi connectivity index (χ1) is 8.99. The third-order valence-corrected chi connectivity index (χ3v) is 2.47. The molecule has 0 radical (unpaired) electrons. The Bertz CT molecular complexity index is 660. The molecule has 0 amide bonds. The molecule has 0 atom stereocenters. The fraction of sp³-hybridized carbons (Fsp3) is 0.0833. The summed E-state index contributed by atoms with van der Waals surface area (Å²) in [5, 5.41) is 32.8. The van der Waals surface area contributed by atoms with Crippen molar-refractivity contribution in [3.8, 4) is 11.5 Å². The van der Waals surface area contributed by atoms with Crippen LogP contribution >= 0.6 is 0 Å². The highest BCUT2D eigenvalue weighted by molar-refractivity contribution is 5.72. The van der Waals surface area contributed by atoms with Gasteiger partial charge in [0.2, 0.25) is 5.76 Å². The van der Waals surface area contributed by atoms with E-state index in [9.17, 15) is 15.2 Å². The third kappa shape index (κ3) is 2.54. The van der Waals surface area contributed by atoms with Gasteiger partial charge in [-0.15, -0.1) is 0 Å². The quantitative estimate of drug-likeness (QED) is 0.499. The van der Waals surface area contributed by atoms with Gasteiger partial charge in [-0.05, 0) is 30.7 Å². The van der Waals surface area contributed by atoms with Crippen LogP contribution in [-0.4, -0.2) is 20.3 Å². The summed E-state index contributed by atoms with van der Waals surface area (Å²) in [6.45, 7) is 1.48. The van der Waals surface area contributed by atoms with Gasteiger partial charge in [0.25, 0.3) is 0 Å². The Morgan fingerprint density at radius 1 is 1.32 bits per heavy atom. The highest BCUT2D eigenvalue weighted by atomic mass is 16.6. The van der Waals surface area contributed by atoms with E-state index in [0.29, 0.717) is 5.56 Å². The lowest BCUT2D eigenvalue weighted by Gasteiger charge is -1.97. The minimum atomic E-state index is -0.570. The van der Waals surface area contributed by atoms with E-state index in [1.165, 1.54) is 31.2 Å². The first-order valence-corrected chi connectivity index (χ1v) is 5.29. The molecule has 0 aliphatic rings. The van der Waals surface area contributed by atoms with E-state index >= 15 is 0 Å². The van der Waals surface area contributed by atoms with Crippen LogP contribution in [0.25, 0.3) is 12.2 Å². The van der Waals surface area contributed by atoms with Crippen molar-refractivity contribution in [2.75, 3.05) is 0 Å². The van der Waals surface area contributed by atoms with Crippen molar-refractivity contribution in [1.82, 2.24) is 5.16 Å². The van der Waals surface area contributed by atoms with Crippen LogP contribution in [0.3, 0.4) is 0 Å². The predicted molar refractivity (Wildman–Crippen MR) is 66.6 cm³/mol.